The van der Waals surface area contributed by atoms with Crippen LogP contribution in [0.3, 0.4) is 0 Å². The fraction of sp³-hybridized carbons (Fsp3) is 0.524. The molecule has 4 rings (SSSR count). The van der Waals surface area contributed by atoms with E-state index in [1.807, 2.05) is 19.2 Å². The highest BCUT2D eigenvalue weighted by Gasteiger charge is 2.22. The predicted octanol–water partition coefficient (Wildman–Crippen LogP) is 3.19. The molecule has 1 aromatic heterocycles. The van der Waals surface area contributed by atoms with E-state index in [1.54, 1.807) is 0 Å². The van der Waals surface area contributed by atoms with E-state index in [2.05, 4.69) is 44.5 Å². The average molecular weight is 352 g/mol. The minimum absolute atomic E-state index is 0.432. The van der Waals surface area contributed by atoms with Crippen molar-refractivity contribution in [3.8, 4) is 11.3 Å². The second-order valence-electron chi connectivity index (χ2n) is 7.34. The van der Waals surface area contributed by atoms with Gasteiger partial charge in [0, 0.05) is 49.7 Å². The summed E-state index contributed by atoms with van der Waals surface area (Å²) in [5, 5.41) is 3.71. The molecule has 0 amide bonds. The lowest BCUT2D eigenvalue weighted by molar-refractivity contribution is 0.106. The van der Waals surface area contributed by atoms with Crippen molar-refractivity contribution in [2.24, 2.45) is 0 Å². The van der Waals surface area contributed by atoms with Gasteiger partial charge < -0.3 is 15.0 Å². The Bertz CT molecular complexity index is 721. The number of ether oxygens (including phenoxy) is 1. The van der Waals surface area contributed by atoms with Gasteiger partial charge in [0.2, 0.25) is 0 Å². The molecule has 2 aliphatic heterocycles. The number of benzene rings is 1. The van der Waals surface area contributed by atoms with Crippen LogP contribution in [0.5, 0.6) is 0 Å². The third-order valence-corrected chi connectivity index (χ3v) is 5.44. The molecule has 1 aromatic carbocycles. The maximum Gasteiger partial charge on any atom is 0.125 e. The first-order valence-corrected chi connectivity index (χ1v) is 9.78. The summed E-state index contributed by atoms with van der Waals surface area (Å²) in [5.41, 5.74) is 3.44. The first kappa shape index (κ1) is 17.4. The molecule has 0 saturated carbocycles. The highest BCUT2D eigenvalue weighted by atomic mass is 16.5. The first-order chi connectivity index (χ1) is 12.8. The van der Waals surface area contributed by atoms with Crippen molar-refractivity contribution >= 4 is 5.69 Å². The highest BCUT2D eigenvalue weighted by molar-refractivity contribution is 5.65. The maximum absolute atomic E-state index is 5.71. The number of aromatic nitrogens is 2. The van der Waals surface area contributed by atoms with E-state index >= 15 is 0 Å². The van der Waals surface area contributed by atoms with Crippen molar-refractivity contribution < 1.29 is 4.74 Å². The van der Waals surface area contributed by atoms with Crippen LogP contribution >= 0.6 is 0 Å². The summed E-state index contributed by atoms with van der Waals surface area (Å²) in [5.74, 6) is 0.811. The van der Waals surface area contributed by atoms with Crippen LogP contribution in [0, 0.1) is 6.92 Å². The van der Waals surface area contributed by atoms with E-state index in [4.69, 9.17) is 4.74 Å². The Kier molecular flexibility index (Phi) is 5.46. The molecule has 0 unspecified atom stereocenters. The van der Waals surface area contributed by atoms with Gasteiger partial charge >= 0.3 is 0 Å². The number of hydrogen-bond donors (Lipinski definition) is 1. The molecule has 2 fully saturated rings. The van der Waals surface area contributed by atoms with Gasteiger partial charge in [-0.3, -0.25) is 0 Å². The highest BCUT2D eigenvalue weighted by Crippen LogP contribution is 2.26. The molecule has 1 N–H and O–H groups in total. The quantitative estimate of drug-likeness (QED) is 0.896. The van der Waals surface area contributed by atoms with Crippen molar-refractivity contribution in [3.05, 3.63) is 42.4 Å². The van der Waals surface area contributed by atoms with Crippen LogP contribution in [-0.2, 0) is 4.74 Å². The molecule has 0 bridgehead atoms. The molecule has 26 heavy (non-hydrogen) atoms. The smallest absolute Gasteiger partial charge is 0.125 e. The molecule has 2 aromatic rings. The topological polar surface area (TPSA) is 50.3 Å². The number of nitrogens with zero attached hydrogens (tertiary/aromatic N) is 3. The fourth-order valence-electron chi connectivity index (χ4n) is 3.92. The molecule has 138 valence electrons. The van der Waals surface area contributed by atoms with Gasteiger partial charge in [-0.1, -0.05) is 12.1 Å². The largest absolute Gasteiger partial charge is 0.377 e. The molecule has 3 heterocycles. The zero-order valence-corrected chi connectivity index (χ0v) is 15.5. The minimum atomic E-state index is 0.432. The summed E-state index contributed by atoms with van der Waals surface area (Å²) in [6.07, 6.45) is 7.05. The molecule has 2 aliphatic rings. The van der Waals surface area contributed by atoms with Crippen molar-refractivity contribution in [1.29, 1.82) is 0 Å². The van der Waals surface area contributed by atoms with Gasteiger partial charge in [0.1, 0.15) is 5.82 Å². The second kappa shape index (κ2) is 8.14. The number of anilines is 1. The molecule has 5 heteroatoms. The SMILES string of the molecule is Cc1nccc(-c2cccc(N3CCC(NC[C@@H]4CCCO4)CC3)c2)n1. The number of nitrogens with one attached hydrogen (secondary N) is 1. The molecule has 0 spiro atoms. The minimum Gasteiger partial charge on any atom is -0.377 e. The third kappa shape index (κ3) is 4.22. The number of rotatable bonds is 5. The Labute approximate surface area is 155 Å². The van der Waals surface area contributed by atoms with Gasteiger partial charge in [-0.2, -0.15) is 0 Å². The summed E-state index contributed by atoms with van der Waals surface area (Å²) in [6, 6.07) is 11.3. The third-order valence-electron chi connectivity index (χ3n) is 5.44. The van der Waals surface area contributed by atoms with Crippen LogP contribution in [0.2, 0.25) is 0 Å². The summed E-state index contributed by atoms with van der Waals surface area (Å²) < 4.78 is 5.71. The molecule has 2 saturated heterocycles. The summed E-state index contributed by atoms with van der Waals surface area (Å²) in [7, 11) is 0. The molecule has 1 atom stereocenters. The van der Waals surface area contributed by atoms with Gasteiger partial charge in [-0.15, -0.1) is 0 Å². The maximum atomic E-state index is 5.71. The van der Waals surface area contributed by atoms with E-state index in [0.717, 1.165) is 43.3 Å². The van der Waals surface area contributed by atoms with Gasteiger partial charge in [0.15, 0.2) is 0 Å². The van der Waals surface area contributed by atoms with E-state index < -0.39 is 0 Å². The Morgan fingerprint density at radius 3 is 2.85 bits per heavy atom. The average Bonchev–Trinajstić information content (AvgIpc) is 3.21. The second-order valence-corrected chi connectivity index (χ2v) is 7.34. The number of piperidine rings is 1. The first-order valence-electron chi connectivity index (χ1n) is 9.78. The normalized spacial score (nSPS) is 21.3. The summed E-state index contributed by atoms with van der Waals surface area (Å²) in [6.45, 7) is 6.06. The number of aryl methyl sites for hydroxylation is 1. The van der Waals surface area contributed by atoms with Crippen LogP contribution in [0.1, 0.15) is 31.5 Å². The zero-order chi connectivity index (χ0) is 17.8. The molecular weight excluding hydrogens is 324 g/mol. The van der Waals surface area contributed by atoms with Crippen LogP contribution in [0.15, 0.2) is 36.5 Å². The van der Waals surface area contributed by atoms with Gasteiger partial charge in [-0.25, -0.2) is 9.97 Å². The zero-order valence-electron chi connectivity index (χ0n) is 15.5. The lowest BCUT2D eigenvalue weighted by Gasteiger charge is -2.34. The van der Waals surface area contributed by atoms with Crippen LogP contribution in [-0.4, -0.2) is 48.4 Å². The Hall–Kier alpha value is -1.98. The van der Waals surface area contributed by atoms with E-state index in [1.165, 1.54) is 31.4 Å². The molecule has 0 aliphatic carbocycles. The Balaban J connectivity index is 1.35. The molecular formula is C21H28N4O. The monoisotopic (exact) mass is 352 g/mol. The number of hydrogen-bond acceptors (Lipinski definition) is 5. The van der Waals surface area contributed by atoms with Gasteiger partial charge in [0.05, 0.1) is 11.8 Å². The molecule has 5 nitrogen and oxygen atoms in total. The molecule has 0 radical (unpaired) electrons. The summed E-state index contributed by atoms with van der Waals surface area (Å²) in [4.78, 5) is 11.2. The van der Waals surface area contributed by atoms with Crippen molar-refractivity contribution in [2.45, 2.75) is 44.8 Å². The van der Waals surface area contributed by atoms with Crippen molar-refractivity contribution in [3.63, 3.8) is 0 Å². The predicted molar refractivity (Wildman–Crippen MR) is 104 cm³/mol. The Morgan fingerprint density at radius 2 is 2.08 bits per heavy atom. The van der Waals surface area contributed by atoms with Gasteiger partial charge in [-0.05, 0) is 50.8 Å². The van der Waals surface area contributed by atoms with Crippen LogP contribution in [0.4, 0.5) is 5.69 Å². The van der Waals surface area contributed by atoms with Crippen molar-refractivity contribution in [2.75, 3.05) is 31.1 Å². The van der Waals surface area contributed by atoms with E-state index in [-0.39, 0.29) is 0 Å². The van der Waals surface area contributed by atoms with Crippen LogP contribution < -0.4 is 10.2 Å². The van der Waals surface area contributed by atoms with Crippen molar-refractivity contribution in [1.82, 2.24) is 15.3 Å². The van der Waals surface area contributed by atoms with Crippen LogP contribution in [0.25, 0.3) is 11.3 Å². The Morgan fingerprint density at radius 1 is 1.19 bits per heavy atom. The fourth-order valence-corrected chi connectivity index (χ4v) is 3.92. The standard InChI is InChI=1S/C21H28N4O/c1-16-22-10-7-21(24-16)17-4-2-5-19(14-17)25-11-8-18(9-12-25)23-15-20-6-3-13-26-20/h2,4-5,7,10,14,18,20,23H,3,6,8-9,11-13,15H2,1H3/t20-/m0/s1. The van der Waals surface area contributed by atoms with Gasteiger partial charge in [0.25, 0.3) is 0 Å². The lowest BCUT2D eigenvalue weighted by Crippen LogP contribution is -2.44. The lowest BCUT2D eigenvalue weighted by atomic mass is 10.0. The van der Waals surface area contributed by atoms with E-state index in [9.17, 15) is 0 Å². The van der Waals surface area contributed by atoms with E-state index in [0.29, 0.717) is 12.1 Å². The summed E-state index contributed by atoms with van der Waals surface area (Å²) >= 11 is 0.